The third kappa shape index (κ3) is 4.61. The zero-order valence-electron chi connectivity index (χ0n) is 18.8. The zero-order chi connectivity index (χ0) is 23.5. The lowest BCUT2D eigenvalue weighted by Crippen LogP contribution is -2.37. The van der Waals surface area contributed by atoms with E-state index in [1.807, 2.05) is 49.4 Å². The molecule has 4 aromatic rings. The van der Waals surface area contributed by atoms with Crippen LogP contribution in [0.2, 0.25) is 0 Å². The predicted molar refractivity (Wildman–Crippen MR) is 130 cm³/mol. The van der Waals surface area contributed by atoms with Crippen LogP contribution in [0, 0.1) is 6.92 Å². The summed E-state index contributed by atoms with van der Waals surface area (Å²) in [6, 6.07) is 16.7. The zero-order valence-corrected chi connectivity index (χ0v) is 18.8. The van der Waals surface area contributed by atoms with Crippen molar-refractivity contribution in [3.63, 3.8) is 0 Å². The maximum absolute atomic E-state index is 12.3. The Balaban J connectivity index is 1.35. The van der Waals surface area contributed by atoms with Gasteiger partial charge < -0.3 is 20.1 Å². The molecule has 0 bridgehead atoms. The molecule has 8 heteroatoms. The highest BCUT2D eigenvalue weighted by Crippen LogP contribution is 2.33. The molecule has 2 N–H and O–H groups in total. The number of nitrogens with zero attached hydrogens (tertiary/aromatic N) is 4. The third-order valence-electron chi connectivity index (χ3n) is 5.91. The molecule has 1 amide bonds. The van der Waals surface area contributed by atoms with Crippen LogP contribution < -0.4 is 10.2 Å². The lowest BCUT2D eigenvalue weighted by Gasteiger charge is -2.21. The fraction of sp³-hybridized carbons (Fsp3) is 0.231. The van der Waals surface area contributed by atoms with Crippen molar-refractivity contribution < 1.29 is 14.6 Å². The molecule has 5 rings (SSSR count). The number of carbonyl (C=O) groups is 1. The fourth-order valence-corrected chi connectivity index (χ4v) is 4.15. The van der Waals surface area contributed by atoms with Gasteiger partial charge in [0.1, 0.15) is 18.2 Å². The van der Waals surface area contributed by atoms with Gasteiger partial charge in [0, 0.05) is 30.9 Å². The number of aromatic hydroxyl groups is 1. The molecule has 0 radical (unpaired) electrons. The van der Waals surface area contributed by atoms with E-state index in [1.165, 1.54) is 0 Å². The molecule has 1 fully saturated rings. The Labute approximate surface area is 197 Å². The highest BCUT2D eigenvalue weighted by molar-refractivity contribution is 5.92. The van der Waals surface area contributed by atoms with Gasteiger partial charge in [-0.05, 0) is 60.9 Å². The van der Waals surface area contributed by atoms with Crippen molar-refractivity contribution in [2.75, 3.05) is 18.0 Å². The number of aromatic nitrogens is 3. The second-order valence-electron chi connectivity index (χ2n) is 8.42. The van der Waals surface area contributed by atoms with Crippen LogP contribution in [0.5, 0.6) is 5.75 Å². The Bertz CT molecular complexity index is 1330. The first-order valence-electron chi connectivity index (χ1n) is 11.2. The van der Waals surface area contributed by atoms with Crippen LogP contribution in [0.1, 0.15) is 17.5 Å². The molecule has 0 saturated carbocycles. The molecule has 0 spiro atoms. The Kier molecular flexibility index (Phi) is 5.95. The summed E-state index contributed by atoms with van der Waals surface area (Å²) in [5.74, 6) is 1.40. The van der Waals surface area contributed by atoms with E-state index in [0.717, 1.165) is 40.8 Å². The second-order valence-corrected chi connectivity index (χ2v) is 8.42. The summed E-state index contributed by atoms with van der Waals surface area (Å²) in [7, 11) is 0. The number of aryl methyl sites for hydroxylation is 1. The quantitative estimate of drug-likeness (QED) is 0.465. The molecule has 172 valence electrons. The summed E-state index contributed by atoms with van der Waals surface area (Å²) in [4.78, 5) is 28.0. The number of alkyl carbamates (subject to hydrolysis) is 1. The Morgan fingerprint density at radius 3 is 2.79 bits per heavy atom. The van der Waals surface area contributed by atoms with E-state index in [1.54, 1.807) is 24.5 Å². The van der Waals surface area contributed by atoms with Crippen LogP contribution in [0.4, 0.5) is 10.6 Å². The van der Waals surface area contributed by atoms with E-state index in [4.69, 9.17) is 14.7 Å². The van der Waals surface area contributed by atoms with Crippen LogP contribution >= 0.6 is 0 Å². The standard InChI is InChI=1S/C26H25N5O3/c1-17-6-7-20-22(14-17)29-24(21-4-2-3-5-23(21)32)30-25(20)31-13-10-19(15-31)28-26(33)34-16-18-8-11-27-12-9-18/h2-9,11-12,14,19,32H,10,13,15-16H2,1H3,(H,28,33)/t19-/m1/s1. The minimum Gasteiger partial charge on any atom is -0.507 e. The van der Waals surface area contributed by atoms with Gasteiger partial charge in [-0.15, -0.1) is 0 Å². The number of para-hydroxylation sites is 1. The van der Waals surface area contributed by atoms with Gasteiger partial charge >= 0.3 is 6.09 Å². The van der Waals surface area contributed by atoms with Gasteiger partial charge in [0.15, 0.2) is 5.82 Å². The summed E-state index contributed by atoms with van der Waals surface area (Å²) >= 11 is 0. The molecule has 34 heavy (non-hydrogen) atoms. The Morgan fingerprint density at radius 1 is 1.15 bits per heavy atom. The van der Waals surface area contributed by atoms with E-state index in [-0.39, 0.29) is 18.4 Å². The molecular weight excluding hydrogens is 430 g/mol. The van der Waals surface area contributed by atoms with Gasteiger partial charge in [0.05, 0.1) is 17.1 Å². The van der Waals surface area contributed by atoms with E-state index in [2.05, 4.69) is 15.2 Å². The van der Waals surface area contributed by atoms with Crippen molar-refractivity contribution in [1.29, 1.82) is 0 Å². The minimum absolute atomic E-state index is 0.0611. The molecule has 1 saturated heterocycles. The second kappa shape index (κ2) is 9.35. The van der Waals surface area contributed by atoms with Gasteiger partial charge in [-0.3, -0.25) is 4.98 Å². The van der Waals surface area contributed by atoms with Crippen LogP contribution in [0.3, 0.4) is 0 Å². The number of pyridine rings is 1. The van der Waals surface area contributed by atoms with Crippen molar-refractivity contribution >= 4 is 22.8 Å². The molecule has 0 unspecified atom stereocenters. The molecule has 8 nitrogen and oxygen atoms in total. The van der Waals surface area contributed by atoms with Crippen molar-refractivity contribution in [3.05, 3.63) is 78.1 Å². The number of hydrogen-bond acceptors (Lipinski definition) is 7. The first kappa shape index (κ1) is 21.6. The van der Waals surface area contributed by atoms with Gasteiger partial charge in [0.25, 0.3) is 0 Å². The number of benzene rings is 2. The lowest BCUT2D eigenvalue weighted by molar-refractivity contribution is 0.136. The van der Waals surface area contributed by atoms with Crippen molar-refractivity contribution in [2.24, 2.45) is 0 Å². The Hall–Kier alpha value is -4.20. The normalized spacial score (nSPS) is 15.4. The predicted octanol–water partition coefficient (Wildman–Crippen LogP) is 4.21. The number of phenolic OH excluding ortho intramolecular Hbond substituents is 1. The number of ether oxygens (including phenoxy) is 1. The summed E-state index contributed by atoms with van der Waals surface area (Å²) in [6.07, 6.45) is 3.67. The van der Waals surface area contributed by atoms with Gasteiger partial charge in [0.2, 0.25) is 0 Å². The maximum atomic E-state index is 12.3. The number of nitrogens with one attached hydrogen (secondary N) is 1. The van der Waals surface area contributed by atoms with Crippen LogP contribution in [0.25, 0.3) is 22.3 Å². The summed E-state index contributed by atoms with van der Waals surface area (Å²) < 4.78 is 5.35. The van der Waals surface area contributed by atoms with Crippen molar-refractivity contribution in [2.45, 2.75) is 26.0 Å². The molecule has 1 atom stereocenters. The monoisotopic (exact) mass is 455 g/mol. The topological polar surface area (TPSA) is 100 Å². The molecule has 2 aromatic heterocycles. The van der Waals surface area contributed by atoms with E-state index in [9.17, 15) is 9.90 Å². The van der Waals surface area contributed by atoms with Crippen molar-refractivity contribution in [1.82, 2.24) is 20.3 Å². The van der Waals surface area contributed by atoms with Crippen LogP contribution in [-0.2, 0) is 11.3 Å². The fourth-order valence-electron chi connectivity index (χ4n) is 4.15. The maximum Gasteiger partial charge on any atom is 0.407 e. The summed E-state index contributed by atoms with van der Waals surface area (Å²) in [5.41, 5.74) is 3.38. The Morgan fingerprint density at radius 2 is 1.97 bits per heavy atom. The number of carbonyl (C=O) groups excluding carboxylic acids is 1. The number of fused-ring (bicyclic) bond motifs is 1. The first-order valence-corrected chi connectivity index (χ1v) is 11.2. The van der Waals surface area contributed by atoms with Gasteiger partial charge in [-0.2, -0.15) is 0 Å². The lowest BCUT2D eigenvalue weighted by atomic mass is 10.1. The average Bonchev–Trinajstić information content (AvgIpc) is 3.31. The minimum atomic E-state index is -0.443. The molecule has 1 aliphatic rings. The number of amides is 1. The number of phenols is 1. The van der Waals surface area contributed by atoms with E-state index >= 15 is 0 Å². The highest BCUT2D eigenvalue weighted by Gasteiger charge is 2.27. The van der Waals surface area contributed by atoms with Crippen molar-refractivity contribution in [3.8, 4) is 17.1 Å². The number of hydrogen-bond donors (Lipinski definition) is 2. The average molecular weight is 456 g/mol. The molecule has 2 aromatic carbocycles. The van der Waals surface area contributed by atoms with Gasteiger partial charge in [-0.1, -0.05) is 18.2 Å². The molecule has 3 heterocycles. The highest BCUT2D eigenvalue weighted by atomic mass is 16.5. The largest absolute Gasteiger partial charge is 0.507 e. The van der Waals surface area contributed by atoms with E-state index in [0.29, 0.717) is 17.9 Å². The number of rotatable bonds is 5. The number of anilines is 1. The van der Waals surface area contributed by atoms with Crippen LogP contribution in [-0.4, -0.2) is 45.3 Å². The van der Waals surface area contributed by atoms with Gasteiger partial charge in [-0.25, -0.2) is 14.8 Å². The SMILES string of the molecule is Cc1ccc2c(N3CC[C@@H](NC(=O)OCc4ccncc4)C3)nc(-c3ccccc3O)nc2c1. The summed E-state index contributed by atoms with van der Waals surface area (Å²) in [6.45, 7) is 3.55. The molecule has 0 aliphatic carbocycles. The molecular formula is C26H25N5O3. The smallest absolute Gasteiger partial charge is 0.407 e. The third-order valence-corrected chi connectivity index (χ3v) is 5.91. The molecule has 1 aliphatic heterocycles. The first-order chi connectivity index (χ1) is 16.6. The summed E-state index contributed by atoms with van der Waals surface area (Å²) in [5, 5.41) is 14.3. The van der Waals surface area contributed by atoms with E-state index < -0.39 is 6.09 Å². The van der Waals surface area contributed by atoms with Crippen LogP contribution in [0.15, 0.2) is 67.0 Å².